The van der Waals surface area contributed by atoms with Gasteiger partial charge in [-0.2, -0.15) is 0 Å². The lowest BCUT2D eigenvalue weighted by Crippen LogP contribution is -2.24. The van der Waals surface area contributed by atoms with Crippen LogP contribution in [0, 0.1) is 0 Å². The molecule has 0 fully saturated rings. The van der Waals surface area contributed by atoms with Crippen molar-refractivity contribution in [3.8, 4) is 11.5 Å². The summed E-state index contributed by atoms with van der Waals surface area (Å²) in [4.78, 5) is 42.6. The van der Waals surface area contributed by atoms with E-state index in [-0.39, 0.29) is 24.7 Å². The number of anilines is 1. The van der Waals surface area contributed by atoms with Gasteiger partial charge >= 0.3 is 0 Å². The first kappa shape index (κ1) is 18.7. The monoisotopic (exact) mass is 412 g/mol. The summed E-state index contributed by atoms with van der Waals surface area (Å²) >= 11 is 1.18. The van der Waals surface area contributed by atoms with Gasteiger partial charge in [-0.25, -0.2) is 4.98 Å². The minimum Gasteiger partial charge on any atom is -0.454 e. The number of nitrogens with zero attached hydrogens (tertiary/aromatic N) is 1. The quantitative estimate of drug-likeness (QED) is 0.566. The molecule has 29 heavy (non-hydrogen) atoms. The summed E-state index contributed by atoms with van der Waals surface area (Å²) in [5, 5.41) is 7.39. The maximum atomic E-state index is 12.2. The summed E-state index contributed by atoms with van der Waals surface area (Å²) in [6.45, 7) is 0.548. The lowest BCUT2D eigenvalue weighted by molar-refractivity contribution is -0.120. The van der Waals surface area contributed by atoms with Crippen LogP contribution in [0.1, 0.15) is 21.6 Å². The summed E-state index contributed by atoms with van der Waals surface area (Å²) in [7, 11) is 0. The molecule has 2 aromatic heterocycles. The second-order valence-corrected chi connectivity index (χ2v) is 7.01. The number of thiazole rings is 1. The van der Waals surface area contributed by atoms with Crippen LogP contribution in [0.3, 0.4) is 0 Å². The summed E-state index contributed by atoms with van der Waals surface area (Å²) in [5.41, 5.74) is 0.924. The van der Waals surface area contributed by atoms with E-state index >= 15 is 0 Å². The molecule has 1 aliphatic heterocycles. The predicted molar refractivity (Wildman–Crippen MR) is 105 cm³/mol. The number of carbonyl (C=O) groups excluding carboxylic acids is 2. The molecular formula is C19H16N4O5S. The van der Waals surface area contributed by atoms with Crippen molar-refractivity contribution in [2.24, 2.45) is 0 Å². The number of hydrogen-bond acceptors (Lipinski definition) is 7. The van der Waals surface area contributed by atoms with Crippen molar-refractivity contribution in [2.75, 3.05) is 12.1 Å². The molecule has 3 N–H and O–H groups in total. The second kappa shape index (κ2) is 8.15. The summed E-state index contributed by atoms with van der Waals surface area (Å²) in [6.07, 6.45) is 1.52. The SMILES string of the molecule is O=C(Cc1csc(NC(=O)c2ccc[nH]c2=O)n1)NCc1ccc2c(c1)OCO2. The molecule has 0 bridgehead atoms. The van der Waals surface area contributed by atoms with Crippen LogP contribution in [0.2, 0.25) is 0 Å². The summed E-state index contributed by atoms with van der Waals surface area (Å²) < 4.78 is 10.6. The van der Waals surface area contributed by atoms with Crippen LogP contribution in [0.5, 0.6) is 11.5 Å². The van der Waals surface area contributed by atoms with E-state index < -0.39 is 11.5 Å². The largest absolute Gasteiger partial charge is 0.454 e. The fourth-order valence-electron chi connectivity index (χ4n) is 2.69. The van der Waals surface area contributed by atoms with Crippen LogP contribution in [0.25, 0.3) is 0 Å². The smallest absolute Gasteiger partial charge is 0.263 e. The highest BCUT2D eigenvalue weighted by Gasteiger charge is 2.15. The average molecular weight is 412 g/mol. The van der Waals surface area contributed by atoms with E-state index in [1.807, 2.05) is 12.1 Å². The van der Waals surface area contributed by atoms with Gasteiger partial charge in [-0.05, 0) is 29.8 Å². The number of ether oxygens (including phenoxy) is 2. The van der Waals surface area contributed by atoms with Gasteiger partial charge in [0.2, 0.25) is 12.7 Å². The highest BCUT2D eigenvalue weighted by atomic mass is 32.1. The van der Waals surface area contributed by atoms with E-state index in [4.69, 9.17) is 9.47 Å². The zero-order valence-corrected chi connectivity index (χ0v) is 15.9. The molecule has 0 atom stereocenters. The van der Waals surface area contributed by atoms with Crippen molar-refractivity contribution < 1.29 is 19.1 Å². The fourth-order valence-corrected chi connectivity index (χ4v) is 3.39. The third-order valence-electron chi connectivity index (χ3n) is 4.10. The number of fused-ring (bicyclic) bond motifs is 1. The summed E-state index contributed by atoms with van der Waals surface area (Å²) in [5.74, 6) is 0.592. The Hall–Kier alpha value is -3.66. The van der Waals surface area contributed by atoms with Gasteiger partial charge in [0.1, 0.15) is 5.56 Å². The number of pyridine rings is 1. The lowest BCUT2D eigenvalue weighted by Gasteiger charge is -2.05. The molecule has 0 unspecified atom stereocenters. The fraction of sp³-hybridized carbons (Fsp3) is 0.158. The maximum absolute atomic E-state index is 12.2. The number of aromatic amines is 1. The van der Waals surface area contributed by atoms with Crippen molar-refractivity contribution >= 4 is 28.3 Å². The van der Waals surface area contributed by atoms with E-state index in [1.165, 1.54) is 23.6 Å². The topological polar surface area (TPSA) is 122 Å². The Labute approximate surface area is 168 Å². The minimum atomic E-state index is -0.556. The molecule has 10 heteroatoms. The Kier molecular flexibility index (Phi) is 5.25. The van der Waals surface area contributed by atoms with Gasteiger partial charge in [0, 0.05) is 18.1 Å². The van der Waals surface area contributed by atoms with Crippen LogP contribution in [-0.4, -0.2) is 28.6 Å². The standard InChI is InChI=1S/C19H16N4O5S/c24-16(21-8-11-3-4-14-15(6-11)28-10-27-14)7-12-9-29-19(22-12)23-18(26)13-2-1-5-20-17(13)25/h1-6,9H,7-8,10H2,(H,20,25)(H,21,24)(H,22,23,26). The Morgan fingerprint density at radius 3 is 2.93 bits per heavy atom. The van der Waals surface area contributed by atoms with Crippen LogP contribution in [0.15, 0.2) is 46.7 Å². The molecule has 3 aromatic rings. The van der Waals surface area contributed by atoms with E-state index in [0.717, 1.165) is 5.56 Å². The molecule has 0 radical (unpaired) electrons. The zero-order valence-electron chi connectivity index (χ0n) is 15.1. The number of aromatic nitrogens is 2. The molecule has 0 saturated carbocycles. The normalized spacial score (nSPS) is 11.9. The van der Waals surface area contributed by atoms with E-state index in [2.05, 4.69) is 20.6 Å². The van der Waals surface area contributed by atoms with Crippen molar-refractivity contribution in [1.29, 1.82) is 0 Å². The zero-order chi connectivity index (χ0) is 20.2. The van der Waals surface area contributed by atoms with Gasteiger partial charge in [-0.1, -0.05) is 6.07 Å². The van der Waals surface area contributed by atoms with Crippen LogP contribution in [0.4, 0.5) is 5.13 Å². The molecular weight excluding hydrogens is 396 g/mol. The Bertz CT molecular complexity index is 1120. The van der Waals surface area contributed by atoms with Crippen molar-refractivity contribution in [3.05, 3.63) is 69.1 Å². The van der Waals surface area contributed by atoms with E-state index in [0.29, 0.717) is 28.9 Å². The van der Waals surface area contributed by atoms with E-state index in [1.54, 1.807) is 17.5 Å². The van der Waals surface area contributed by atoms with Gasteiger partial charge in [-0.15, -0.1) is 11.3 Å². The number of carbonyl (C=O) groups is 2. The lowest BCUT2D eigenvalue weighted by atomic mass is 10.2. The number of rotatable bonds is 6. The van der Waals surface area contributed by atoms with Crippen LogP contribution >= 0.6 is 11.3 Å². The van der Waals surface area contributed by atoms with Gasteiger partial charge in [-0.3, -0.25) is 19.7 Å². The van der Waals surface area contributed by atoms with Crippen molar-refractivity contribution in [2.45, 2.75) is 13.0 Å². The second-order valence-electron chi connectivity index (χ2n) is 6.15. The van der Waals surface area contributed by atoms with E-state index in [9.17, 15) is 14.4 Å². The molecule has 4 rings (SSSR count). The highest BCUT2D eigenvalue weighted by molar-refractivity contribution is 7.14. The van der Waals surface area contributed by atoms with Gasteiger partial charge in [0.25, 0.3) is 11.5 Å². The number of H-pyrrole nitrogens is 1. The molecule has 148 valence electrons. The van der Waals surface area contributed by atoms with Crippen molar-refractivity contribution in [1.82, 2.24) is 15.3 Å². The minimum absolute atomic E-state index is 0.00859. The molecule has 0 saturated heterocycles. The van der Waals surface area contributed by atoms with Crippen molar-refractivity contribution in [3.63, 3.8) is 0 Å². The molecule has 0 aliphatic carbocycles. The number of nitrogens with one attached hydrogen (secondary N) is 3. The molecule has 9 nitrogen and oxygen atoms in total. The van der Waals surface area contributed by atoms with Gasteiger partial charge in [0.05, 0.1) is 12.1 Å². The molecule has 3 heterocycles. The van der Waals surface area contributed by atoms with Crippen LogP contribution in [-0.2, 0) is 17.8 Å². The first-order chi connectivity index (χ1) is 14.1. The number of amides is 2. The average Bonchev–Trinajstić information content (AvgIpc) is 3.35. The Morgan fingerprint density at radius 1 is 1.21 bits per heavy atom. The Morgan fingerprint density at radius 2 is 2.07 bits per heavy atom. The Balaban J connectivity index is 1.30. The molecule has 2 amide bonds. The maximum Gasteiger partial charge on any atom is 0.263 e. The number of hydrogen-bond donors (Lipinski definition) is 3. The third kappa shape index (κ3) is 4.43. The van der Waals surface area contributed by atoms with Crippen LogP contribution < -0.4 is 25.7 Å². The molecule has 0 spiro atoms. The number of benzene rings is 1. The predicted octanol–water partition coefficient (Wildman–Crippen LogP) is 1.67. The highest BCUT2D eigenvalue weighted by Crippen LogP contribution is 2.32. The molecule has 1 aromatic carbocycles. The first-order valence-electron chi connectivity index (χ1n) is 8.67. The van der Waals surface area contributed by atoms with Gasteiger partial charge < -0.3 is 19.8 Å². The summed E-state index contributed by atoms with van der Waals surface area (Å²) in [6, 6.07) is 8.47. The third-order valence-corrected chi connectivity index (χ3v) is 4.91. The first-order valence-corrected chi connectivity index (χ1v) is 9.55. The van der Waals surface area contributed by atoms with Gasteiger partial charge in [0.15, 0.2) is 16.6 Å². The molecule has 1 aliphatic rings.